The van der Waals surface area contributed by atoms with Crippen LogP contribution in [0.2, 0.25) is 0 Å². The van der Waals surface area contributed by atoms with Gasteiger partial charge in [0.1, 0.15) is 17.4 Å². The Hall–Kier alpha value is -2.93. The van der Waals surface area contributed by atoms with Crippen LogP contribution in [0.1, 0.15) is 11.3 Å². The lowest BCUT2D eigenvalue weighted by Gasteiger charge is -2.09. The van der Waals surface area contributed by atoms with E-state index in [0.29, 0.717) is 17.2 Å². The van der Waals surface area contributed by atoms with Crippen molar-refractivity contribution in [2.75, 3.05) is 0 Å². The lowest BCUT2D eigenvalue weighted by molar-refractivity contribution is 0.465. The van der Waals surface area contributed by atoms with Crippen LogP contribution in [-0.4, -0.2) is 9.97 Å². The molecule has 0 saturated carbocycles. The molecular weight excluding hydrogens is 250 g/mol. The summed E-state index contributed by atoms with van der Waals surface area (Å²) in [5.74, 6) is 0.967. The van der Waals surface area contributed by atoms with Crippen LogP contribution < -0.4 is 4.74 Å². The number of fused-ring (bicyclic) bond motifs is 1. The zero-order chi connectivity index (χ0) is 13.9. The molecule has 4 nitrogen and oxygen atoms in total. The van der Waals surface area contributed by atoms with Gasteiger partial charge in [0.05, 0.1) is 5.52 Å². The Morgan fingerprint density at radius 2 is 2.00 bits per heavy atom. The van der Waals surface area contributed by atoms with Gasteiger partial charge in [-0.25, -0.2) is 4.98 Å². The number of hydrogen-bond acceptors (Lipinski definition) is 4. The third-order valence-corrected chi connectivity index (χ3v) is 2.93. The molecule has 3 rings (SSSR count). The highest BCUT2D eigenvalue weighted by atomic mass is 16.5. The van der Waals surface area contributed by atoms with Crippen LogP contribution in [0.25, 0.3) is 10.9 Å². The van der Waals surface area contributed by atoms with Crippen molar-refractivity contribution in [2.45, 2.75) is 6.92 Å². The minimum absolute atomic E-state index is 0.323. The van der Waals surface area contributed by atoms with Gasteiger partial charge >= 0.3 is 0 Å². The molecule has 3 aromatic rings. The Balaban J connectivity index is 2.10. The molecule has 0 saturated heterocycles. The summed E-state index contributed by atoms with van der Waals surface area (Å²) < 4.78 is 5.82. The van der Waals surface area contributed by atoms with E-state index in [0.717, 1.165) is 16.6 Å². The molecule has 96 valence electrons. The minimum Gasteiger partial charge on any atom is -0.437 e. The van der Waals surface area contributed by atoms with Crippen LogP contribution in [0.5, 0.6) is 11.6 Å². The Kier molecular flexibility index (Phi) is 3.02. The summed E-state index contributed by atoms with van der Waals surface area (Å²) in [6, 6.07) is 15.0. The summed E-state index contributed by atoms with van der Waals surface area (Å²) in [4.78, 5) is 8.56. The molecule has 0 unspecified atom stereocenters. The van der Waals surface area contributed by atoms with E-state index in [9.17, 15) is 0 Å². The second-order valence-corrected chi connectivity index (χ2v) is 4.35. The maximum absolute atomic E-state index is 9.12. The smallest absolute Gasteiger partial charge is 0.237 e. The van der Waals surface area contributed by atoms with Gasteiger partial charge in [0, 0.05) is 17.3 Å². The molecule has 0 aliphatic heterocycles. The molecule has 0 spiro atoms. The quantitative estimate of drug-likeness (QED) is 0.707. The normalized spacial score (nSPS) is 10.2. The van der Waals surface area contributed by atoms with Crippen LogP contribution in [-0.2, 0) is 0 Å². The van der Waals surface area contributed by atoms with E-state index in [2.05, 4.69) is 16.0 Å². The average Bonchev–Trinajstić information content (AvgIpc) is 2.48. The van der Waals surface area contributed by atoms with Crippen molar-refractivity contribution in [3.8, 4) is 17.7 Å². The van der Waals surface area contributed by atoms with Crippen LogP contribution in [0.3, 0.4) is 0 Å². The highest BCUT2D eigenvalue weighted by molar-refractivity contribution is 5.85. The van der Waals surface area contributed by atoms with Gasteiger partial charge in [-0.05, 0) is 43.3 Å². The van der Waals surface area contributed by atoms with Crippen LogP contribution in [0.4, 0.5) is 0 Å². The summed E-state index contributed by atoms with van der Waals surface area (Å²) in [5.41, 5.74) is 2.06. The van der Waals surface area contributed by atoms with Gasteiger partial charge in [0.15, 0.2) is 0 Å². The first-order chi connectivity index (χ1) is 9.78. The van der Waals surface area contributed by atoms with Gasteiger partial charge in [0.2, 0.25) is 5.88 Å². The van der Waals surface area contributed by atoms with Crippen molar-refractivity contribution in [2.24, 2.45) is 0 Å². The Bertz CT molecular complexity index is 816. The number of pyridine rings is 2. The fourth-order valence-electron chi connectivity index (χ4n) is 1.96. The molecule has 0 radical (unpaired) electrons. The van der Waals surface area contributed by atoms with E-state index in [1.54, 1.807) is 18.3 Å². The molecule has 0 fully saturated rings. The summed E-state index contributed by atoms with van der Waals surface area (Å²) in [5, 5.41) is 10.0. The Labute approximate surface area is 116 Å². The lowest BCUT2D eigenvalue weighted by Crippen LogP contribution is -1.94. The van der Waals surface area contributed by atoms with E-state index < -0.39 is 0 Å². The topological polar surface area (TPSA) is 58.8 Å². The molecule has 0 N–H and O–H groups in total. The zero-order valence-corrected chi connectivity index (χ0v) is 10.9. The third kappa shape index (κ3) is 2.17. The number of nitriles is 1. The van der Waals surface area contributed by atoms with Crippen molar-refractivity contribution in [3.05, 3.63) is 59.9 Å². The van der Waals surface area contributed by atoms with Gasteiger partial charge in [-0.15, -0.1) is 0 Å². The number of ether oxygens (including phenoxy) is 1. The molecule has 0 atom stereocenters. The third-order valence-electron chi connectivity index (χ3n) is 2.93. The van der Waals surface area contributed by atoms with E-state index in [1.807, 2.05) is 37.3 Å². The summed E-state index contributed by atoms with van der Waals surface area (Å²) in [7, 11) is 0. The van der Waals surface area contributed by atoms with Crippen molar-refractivity contribution in [1.29, 1.82) is 5.26 Å². The number of nitrogens with zero attached hydrogens (tertiary/aromatic N) is 3. The van der Waals surface area contributed by atoms with E-state index >= 15 is 0 Å². The SMILES string of the molecule is Cc1ccc(C#N)c(Oc2cccc3ncccc23)n1. The maximum atomic E-state index is 9.12. The fourth-order valence-corrected chi connectivity index (χ4v) is 1.96. The summed E-state index contributed by atoms with van der Waals surface area (Å²) in [6.07, 6.45) is 1.73. The maximum Gasteiger partial charge on any atom is 0.237 e. The van der Waals surface area contributed by atoms with Gasteiger partial charge in [-0.1, -0.05) is 6.07 Å². The van der Waals surface area contributed by atoms with Crippen molar-refractivity contribution in [1.82, 2.24) is 9.97 Å². The monoisotopic (exact) mass is 261 g/mol. The van der Waals surface area contributed by atoms with Crippen molar-refractivity contribution >= 4 is 10.9 Å². The van der Waals surface area contributed by atoms with E-state index in [1.165, 1.54) is 0 Å². The minimum atomic E-state index is 0.323. The summed E-state index contributed by atoms with van der Waals surface area (Å²) in [6.45, 7) is 1.86. The Morgan fingerprint density at radius 3 is 2.85 bits per heavy atom. The van der Waals surface area contributed by atoms with Crippen LogP contribution >= 0.6 is 0 Å². The van der Waals surface area contributed by atoms with Crippen molar-refractivity contribution < 1.29 is 4.74 Å². The molecule has 2 aromatic heterocycles. The highest BCUT2D eigenvalue weighted by Crippen LogP contribution is 2.29. The highest BCUT2D eigenvalue weighted by Gasteiger charge is 2.09. The molecule has 20 heavy (non-hydrogen) atoms. The van der Waals surface area contributed by atoms with Gasteiger partial charge in [0.25, 0.3) is 0 Å². The fraction of sp³-hybridized carbons (Fsp3) is 0.0625. The lowest BCUT2D eigenvalue weighted by atomic mass is 10.2. The van der Waals surface area contributed by atoms with Gasteiger partial charge in [-0.3, -0.25) is 4.98 Å². The Morgan fingerprint density at radius 1 is 1.10 bits per heavy atom. The second-order valence-electron chi connectivity index (χ2n) is 4.35. The molecule has 0 bridgehead atoms. The molecular formula is C16H11N3O. The molecule has 0 aliphatic rings. The predicted octanol–water partition coefficient (Wildman–Crippen LogP) is 3.60. The number of aromatic nitrogens is 2. The average molecular weight is 261 g/mol. The number of hydrogen-bond donors (Lipinski definition) is 0. The molecule has 4 heteroatoms. The second kappa shape index (κ2) is 4.98. The molecule has 0 amide bonds. The first kappa shape index (κ1) is 12.1. The summed E-state index contributed by atoms with van der Waals surface area (Å²) >= 11 is 0. The van der Waals surface area contributed by atoms with E-state index in [4.69, 9.17) is 10.00 Å². The van der Waals surface area contributed by atoms with Crippen molar-refractivity contribution in [3.63, 3.8) is 0 Å². The first-order valence-corrected chi connectivity index (χ1v) is 6.17. The first-order valence-electron chi connectivity index (χ1n) is 6.17. The largest absolute Gasteiger partial charge is 0.437 e. The van der Waals surface area contributed by atoms with Crippen LogP contribution in [0, 0.1) is 18.3 Å². The number of aryl methyl sites for hydroxylation is 1. The van der Waals surface area contributed by atoms with Gasteiger partial charge in [-0.2, -0.15) is 5.26 Å². The molecule has 1 aromatic carbocycles. The zero-order valence-electron chi connectivity index (χ0n) is 10.9. The standard InChI is InChI=1S/C16H11N3O/c1-11-7-8-12(10-17)16(19-11)20-15-6-2-5-14-13(15)4-3-9-18-14/h2-9H,1H3. The van der Waals surface area contributed by atoms with Crippen LogP contribution in [0.15, 0.2) is 48.7 Å². The molecule has 0 aliphatic carbocycles. The molecule has 2 heterocycles. The number of rotatable bonds is 2. The van der Waals surface area contributed by atoms with E-state index in [-0.39, 0.29) is 0 Å². The predicted molar refractivity (Wildman–Crippen MR) is 75.5 cm³/mol. The van der Waals surface area contributed by atoms with Gasteiger partial charge < -0.3 is 4.74 Å². The number of benzene rings is 1.